The second-order valence-electron chi connectivity index (χ2n) is 12.7. The van der Waals surface area contributed by atoms with E-state index < -0.39 is 17.3 Å². The van der Waals surface area contributed by atoms with Crippen LogP contribution in [0.3, 0.4) is 0 Å². The first-order valence-corrected chi connectivity index (χ1v) is 14.5. The maximum absolute atomic E-state index is 12.4. The largest absolute Gasteiger partial charge is 0.444 e. The molecule has 40 heavy (non-hydrogen) atoms. The number of hydrogen-bond donors (Lipinski definition) is 1. The van der Waals surface area contributed by atoms with Gasteiger partial charge in [-0.05, 0) is 79.4 Å². The van der Waals surface area contributed by atoms with E-state index in [2.05, 4.69) is 27.3 Å². The Kier molecular flexibility index (Phi) is 9.12. The molecule has 9 nitrogen and oxygen atoms in total. The van der Waals surface area contributed by atoms with Gasteiger partial charge in [-0.15, -0.1) is 0 Å². The topological polar surface area (TPSA) is 96.9 Å². The molecular formula is C30H42ClN5O4. The second-order valence-corrected chi connectivity index (χ2v) is 13.1. The zero-order valence-corrected chi connectivity index (χ0v) is 25.3. The third kappa shape index (κ3) is 8.22. The van der Waals surface area contributed by atoms with E-state index in [1.54, 1.807) is 11.1 Å². The molecule has 1 atom stereocenters. The molecule has 2 aromatic heterocycles. The number of hydrogen-bond acceptors (Lipinski definition) is 7. The van der Waals surface area contributed by atoms with Crippen molar-refractivity contribution in [1.82, 2.24) is 20.2 Å². The summed E-state index contributed by atoms with van der Waals surface area (Å²) < 4.78 is 11.0. The fraction of sp³-hybridized carbons (Fsp3) is 0.600. The minimum atomic E-state index is -0.543. The summed E-state index contributed by atoms with van der Waals surface area (Å²) in [5, 5.41) is 3.44. The van der Waals surface area contributed by atoms with Crippen molar-refractivity contribution >= 4 is 29.5 Å². The van der Waals surface area contributed by atoms with Gasteiger partial charge in [-0.25, -0.2) is 14.6 Å². The van der Waals surface area contributed by atoms with Crippen LogP contribution >= 0.6 is 11.6 Å². The fourth-order valence-electron chi connectivity index (χ4n) is 5.18. The van der Waals surface area contributed by atoms with Crippen molar-refractivity contribution in [2.75, 3.05) is 31.1 Å². The molecule has 0 aliphatic carbocycles. The Morgan fingerprint density at radius 1 is 0.950 bits per heavy atom. The monoisotopic (exact) mass is 571 g/mol. The van der Waals surface area contributed by atoms with Crippen molar-refractivity contribution in [3.05, 3.63) is 41.4 Å². The predicted molar refractivity (Wildman–Crippen MR) is 157 cm³/mol. The lowest BCUT2D eigenvalue weighted by atomic mass is 9.92. The first-order valence-electron chi connectivity index (χ1n) is 14.1. The van der Waals surface area contributed by atoms with Crippen LogP contribution in [0.4, 0.5) is 15.3 Å². The number of nitrogens with zero attached hydrogens (tertiary/aromatic N) is 4. The first-order chi connectivity index (χ1) is 18.8. The molecule has 0 aromatic carbocycles. The summed E-state index contributed by atoms with van der Waals surface area (Å²) in [5.74, 6) is 0.289. The highest BCUT2D eigenvalue weighted by atomic mass is 35.5. The highest BCUT2D eigenvalue weighted by Crippen LogP contribution is 2.35. The van der Waals surface area contributed by atoms with E-state index in [0.717, 1.165) is 54.7 Å². The highest BCUT2D eigenvalue weighted by molar-refractivity contribution is 6.29. The summed E-state index contributed by atoms with van der Waals surface area (Å²) in [6, 6.07) is 6.00. The molecule has 0 spiro atoms. The second kappa shape index (κ2) is 12.2. The number of ether oxygens (including phenoxy) is 2. The number of aromatic nitrogens is 2. The van der Waals surface area contributed by atoms with Gasteiger partial charge in [0.1, 0.15) is 16.4 Å². The van der Waals surface area contributed by atoms with Crippen molar-refractivity contribution in [2.24, 2.45) is 0 Å². The number of likely N-dealkylation sites (tertiary alicyclic amines) is 1. The van der Waals surface area contributed by atoms with Gasteiger partial charge in [0.2, 0.25) is 0 Å². The van der Waals surface area contributed by atoms with Gasteiger partial charge >= 0.3 is 12.2 Å². The van der Waals surface area contributed by atoms with Crippen LogP contribution < -0.4 is 10.2 Å². The molecule has 218 valence electrons. The molecular weight excluding hydrogens is 530 g/mol. The molecule has 0 bridgehead atoms. The molecule has 2 amide bonds. The van der Waals surface area contributed by atoms with E-state index in [1.165, 1.54) is 0 Å². The van der Waals surface area contributed by atoms with E-state index in [-0.39, 0.29) is 18.1 Å². The van der Waals surface area contributed by atoms with Crippen molar-refractivity contribution in [3.63, 3.8) is 0 Å². The number of piperidine rings is 2. The number of carbonyl (C=O) groups excluding carboxylic acids is 2. The molecule has 2 aromatic rings. The van der Waals surface area contributed by atoms with E-state index >= 15 is 0 Å². The summed E-state index contributed by atoms with van der Waals surface area (Å²) in [4.78, 5) is 38.0. The Morgan fingerprint density at radius 2 is 1.65 bits per heavy atom. The first kappa shape index (κ1) is 29.9. The lowest BCUT2D eigenvalue weighted by Gasteiger charge is -2.36. The minimum absolute atomic E-state index is 0.0320. The summed E-state index contributed by atoms with van der Waals surface area (Å²) in [7, 11) is 0. The lowest BCUT2D eigenvalue weighted by Crippen LogP contribution is -2.49. The third-order valence-electron chi connectivity index (χ3n) is 6.99. The molecule has 2 fully saturated rings. The molecule has 2 aliphatic rings. The number of nitrogens with one attached hydrogen (secondary N) is 1. The quantitative estimate of drug-likeness (QED) is 0.424. The fourth-order valence-corrected chi connectivity index (χ4v) is 5.33. The van der Waals surface area contributed by atoms with Crippen LogP contribution in [0.1, 0.15) is 78.8 Å². The van der Waals surface area contributed by atoms with Crippen LogP contribution in [0.5, 0.6) is 0 Å². The number of rotatable bonds is 4. The highest BCUT2D eigenvalue weighted by Gasteiger charge is 2.29. The summed E-state index contributed by atoms with van der Waals surface area (Å²) >= 11 is 6.33. The van der Waals surface area contributed by atoms with Crippen LogP contribution in [0.15, 0.2) is 30.6 Å². The molecule has 2 saturated heterocycles. The molecule has 2 aliphatic heterocycles. The van der Waals surface area contributed by atoms with E-state index in [0.29, 0.717) is 24.8 Å². The van der Waals surface area contributed by atoms with Crippen molar-refractivity contribution in [1.29, 1.82) is 0 Å². The van der Waals surface area contributed by atoms with Crippen LogP contribution in [-0.4, -0.2) is 70.5 Å². The van der Waals surface area contributed by atoms with Gasteiger partial charge in [0, 0.05) is 73.0 Å². The number of pyridine rings is 2. The molecule has 1 N–H and O–H groups in total. The van der Waals surface area contributed by atoms with Crippen molar-refractivity contribution < 1.29 is 19.1 Å². The Morgan fingerprint density at radius 3 is 2.27 bits per heavy atom. The van der Waals surface area contributed by atoms with Gasteiger partial charge in [-0.3, -0.25) is 4.98 Å². The minimum Gasteiger partial charge on any atom is -0.444 e. The number of amides is 2. The van der Waals surface area contributed by atoms with Crippen LogP contribution in [0.25, 0.3) is 11.1 Å². The maximum atomic E-state index is 12.4. The average molecular weight is 572 g/mol. The predicted octanol–water partition coefficient (Wildman–Crippen LogP) is 6.41. The van der Waals surface area contributed by atoms with E-state index in [9.17, 15) is 9.59 Å². The van der Waals surface area contributed by atoms with Gasteiger partial charge in [0.25, 0.3) is 0 Å². The van der Waals surface area contributed by atoms with Crippen molar-refractivity contribution in [2.45, 2.75) is 90.4 Å². The summed E-state index contributed by atoms with van der Waals surface area (Å²) in [5.41, 5.74) is 2.85. The Labute approximate surface area is 242 Å². The van der Waals surface area contributed by atoms with Gasteiger partial charge in [-0.2, -0.15) is 0 Å². The number of alkyl carbamates (subject to hydrolysis) is 1. The normalized spacial score (nSPS) is 18.8. The lowest BCUT2D eigenvalue weighted by molar-refractivity contribution is 0.0203. The molecule has 0 unspecified atom stereocenters. The molecule has 0 radical (unpaired) electrons. The maximum Gasteiger partial charge on any atom is 0.410 e. The van der Waals surface area contributed by atoms with E-state index in [1.807, 2.05) is 53.8 Å². The third-order valence-corrected chi connectivity index (χ3v) is 7.20. The summed E-state index contributed by atoms with van der Waals surface area (Å²) in [6.45, 7) is 14.0. The zero-order valence-electron chi connectivity index (χ0n) is 24.5. The van der Waals surface area contributed by atoms with Crippen molar-refractivity contribution in [3.8, 4) is 11.1 Å². The van der Waals surface area contributed by atoms with Crippen LogP contribution in [-0.2, 0) is 9.47 Å². The number of anilines is 1. The molecule has 10 heteroatoms. The smallest absolute Gasteiger partial charge is 0.410 e. The number of carbonyl (C=O) groups is 2. The van der Waals surface area contributed by atoms with E-state index in [4.69, 9.17) is 26.1 Å². The van der Waals surface area contributed by atoms with Crippen LogP contribution in [0, 0.1) is 0 Å². The zero-order chi connectivity index (χ0) is 29.1. The molecule has 0 saturated carbocycles. The van der Waals surface area contributed by atoms with Gasteiger partial charge in [0.15, 0.2) is 0 Å². The van der Waals surface area contributed by atoms with Gasteiger partial charge < -0.3 is 24.6 Å². The Bertz CT molecular complexity index is 1180. The SMILES string of the molecule is CC(C)(C)OC(=O)N[C@H]1CCCN(c2cc(Cl)ncc2-c2ccc(C3CCN(C(=O)OC(C)(C)C)CC3)nc2)C1. The summed E-state index contributed by atoms with van der Waals surface area (Å²) in [6.07, 6.45) is 6.54. The standard InChI is InChI=1S/C30H42ClN5O4/c1-29(2,3)39-27(37)34-22-8-7-13-36(19-22)25-16-26(31)33-18-23(25)21-9-10-24(32-17-21)20-11-14-35(15-12-20)28(38)40-30(4,5)6/h9-10,16-18,20,22H,7-8,11-15,19H2,1-6H3,(H,34,37)/t22-/m0/s1. The Hall–Kier alpha value is -3.07. The molecule has 4 rings (SSSR count). The molecule has 4 heterocycles. The number of halogens is 1. The van der Waals surface area contributed by atoms with Gasteiger partial charge in [0.05, 0.1) is 0 Å². The average Bonchev–Trinajstić information content (AvgIpc) is 2.87. The van der Waals surface area contributed by atoms with Gasteiger partial charge in [-0.1, -0.05) is 17.7 Å². The Balaban J connectivity index is 1.43. The van der Waals surface area contributed by atoms with Crippen LogP contribution in [0.2, 0.25) is 5.15 Å².